The van der Waals surface area contributed by atoms with Crippen LogP contribution in [0.4, 0.5) is 5.69 Å². The summed E-state index contributed by atoms with van der Waals surface area (Å²) in [6.45, 7) is 0.578. The first-order valence-corrected chi connectivity index (χ1v) is 5.33. The number of rotatable bonds is 4. The van der Waals surface area contributed by atoms with Crippen LogP contribution in [-0.4, -0.2) is 5.11 Å². The highest BCUT2D eigenvalue weighted by atomic mass is 35.5. The van der Waals surface area contributed by atoms with Gasteiger partial charge in [0.25, 0.3) is 0 Å². The molecule has 0 spiro atoms. The van der Waals surface area contributed by atoms with Gasteiger partial charge in [0.1, 0.15) is 5.76 Å². The second kappa shape index (κ2) is 5.05. The van der Waals surface area contributed by atoms with E-state index in [1.165, 1.54) is 0 Å². The first-order valence-electron chi connectivity index (χ1n) is 4.95. The number of furan rings is 1. The fraction of sp³-hybridized carbons (Fsp3) is 0.167. The van der Waals surface area contributed by atoms with E-state index in [4.69, 9.17) is 21.1 Å². The Bertz CT molecular complexity index is 454. The first-order chi connectivity index (χ1) is 7.79. The Morgan fingerprint density at radius 3 is 2.88 bits per heavy atom. The Morgan fingerprint density at radius 1 is 1.31 bits per heavy atom. The van der Waals surface area contributed by atoms with Crippen LogP contribution < -0.4 is 5.32 Å². The summed E-state index contributed by atoms with van der Waals surface area (Å²) in [5.41, 5.74) is 1.62. The molecule has 3 nitrogen and oxygen atoms in total. The summed E-state index contributed by atoms with van der Waals surface area (Å²) in [6.07, 6.45) is 1.63. The Kier molecular flexibility index (Phi) is 3.49. The number of aliphatic hydroxyl groups excluding tert-OH is 1. The van der Waals surface area contributed by atoms with Gasteiger partial charge in [-0.1, -0.05) is 17.7 Å². The largest absolute Gasteiger partial charge is 0.467 e. The molecular weight excluding hydrogens is 226 g/mol. The lowest BCUT2D eigenvalue weighted by molar-refractivity contribution is 0.282. The van der Waals surface area contributed by atoms with E-state index in [2.05, 4.69) is 5.32 Å². The van der Waals surface area contributed by atoms with Gasteiger partial charge in [0, 0.05) is 0 Å². The fourth-order valence-electron chi connectivity index (χ4n) is 1.40. The van der Waals surface area contributed by atoms with Crippen molar-refractivity contribution in [3.63, 3.8) is 0 Å². The Labute approximate surface area is 98.7 Å². The number of anilines is 1. The SMILES string of the molecule is OCc1ccc(Cl)c(NCc2ccco2)c1. The molecule has 0 amide bonds. The molecule has 84 valence electrons. The third kappa shape index (κ3) is 2.56. The molecule has 0 bridgehead atoms. The molecule has 0 aliphatic carbocycles. The normalized spacial score (nSPS) is 10.4. The van der Waals surface area contributed by atoms with Crippen molar-refractivity contribution in [3.8, 4) is 0 Å². The minimum Gasteiger partial charge on any atom is -0.467 e. The predicted octanol–water partition coefficient (Wildman–Crippen LogP) is 3.04. The van der Waals surface area contributed by atoms with Gasteiger partial charge < -0.3 is 14.8 Å². The van der Waals surface area contributed by atoms with Crippen LogP contribution in [0.25, 0.3) is 0 Å². The van der Waals surface area contributed by atoms with Crippen molar-refractivity contribution in [1.82, 2.24) is 0 Å². The van der Waals surface area contributed by atoms with E-state index in [0.717, 1.165) is 17.0 Å². The fourth-order valence-corrected chi connectivity index (χ4v) is 1.59. The summed E-state index contributed by atoms with van der Waals surface area (Å²) in [4.78, 5) is 0. The number of benzene rings is 1. The average Bonchev–Trinajstić information content (AvgIpc) is 2.81. The van der Waals surface area contributed by atoms with Crippen molar-refractivity contribution in [2.24, 2.45) is 0 Å². The maximum atomic E-state index is 9.02. The minimum atomic E-state index is 0.00655. The van der Waals surface area contributed by atoms with Crippen LogP contribution >= 0.6 is 11.6 Å². The summed E-state index contributed by atoms with van der Waals surface area (Å²) >= 11 is 6.02. The van der Waals surface area contributed by atoms with Gasteiger partial charge in [0.15, 0.2) is 0 Å². The molecule has 0 fully saturated rings. The van der Waals surface area contributed by atoms with Crippen molar-refractivity contribution in [2.75, 3.05) is 5.32 Å². The van der Waals surface area contributed by atoms with Crippen LogP contribution in [0.1, 0.15) is 11.3 Å². The van der Waals surface area contributed by atoms with Crippen LogP contribution in [0.5, 0.6) is 0 Å². The van der Waals surface area contributed by atoms with Gasteiger partial charge in [-0.25, -0.2) is 0 Å². The topological polar surface area (TPSA) is 45.4 Å². The van der Waals surface area contributed by atoms with E-state index < -0.39 is 0 Å². The van der Waals surface area contributed by atoms with Crippen molar-refractivity contribution in [1.29, 1.82) is 0 Å². The van der Waals surface area contributed by atoms with Gasteiger partial charge in [-0.3, -0.25) is 0 Å². The number of hydrogen-bond donors (Lipinski definition) is 2. The lowest BCUT2D eigenvalue weighted by Gasteiger charge is -2.08. The number of nitrogens with one attached hydrogen (secondary N) is 1. The van der Waals surface area contributed by atoms with E-state index in [1.54, 1.807) is 18.4 Å². The van der Waals surface area contributed by atoms with Crippen LogP contribution in [0.2, 0.25) is 5.02 Å². The molecule has 0 saturated carbocycles. The molecule has 1 heterocycles. The monoisotopic (exact) mass is 237 g/mol. The third-order valence-electron chi connectivity index (χ3n) is 2.25. The van der Waals surface area contributed by atoms with E-state index in [1.807, 2.05) is 18.2 Å². The molecule has 1 aromatic carbocycles. The second-order valence-electron chi connectivity index (χ2n) is 3.41. The zero-order chi connectivity index (χ0) is 11.4. The molecule has 1 aromatic heterocycles. The van der Waals surface area contributed by atoms with Gasteiger partial charge in [0.2, 0.25) is 0 Å². The molecule has 2 aromatic rings. The highest BCUT2D eigenvalue weighted by Gasteiger charge is 2.02. The molecular formula is C12H12ClNO2. The minimum absolute atomic E-state index is 0.00655. The highest BCUT2D eigenvalue weighted by Crippen LogP contribution is 2.23. The molecule has 2 rings (SSSR count). The number of halogens is 1. The maximum absolute atomic E-state index is 9.02. The Morgan fingerprint density at radius 2 is 2.19 bits per heavy atom. The van der Waals surface area contributed by atoms with Crippen molar-refractivity contribution in [3.05, 3.63) is 52.9 Å². The summed E-state index contributed by atoms with van der Waals surface area (Å²) < 4.78 is 5.20. The van der Waals surface area contributed by atoms with Crippen molar-refractivity contribution in [2.45, 2.75) is 13.2 Å². The summed E-state index contributed by atoms with van der Waals surface area (Å²) in [5.74, 6) is 0.838. The van der Waals surface area contributed by atoms with E-state index in [-0.39, 0.29) is 6.61 Å². The predicted molar refractivity (Wildman–Crippen MR) is 63.4 cm³/mol. The summed E-state index contributed by atoms with van der Waals surface area (Å²) in [5, 5.41) is 12.8. The second-order valence-corrected chi connectivity index (χ2v) is 3.81. The quantitative estimate of drug-likeness (QED) is 0.859. The van der Waals surface area contributed by atoms with Crippen LogP contribution in [0.3, 0.4) is 0 Å². The van der Waals surface area contributed by atoms with Gasteiger partial charge in [-0.05, 0) is 29.8 Å². The van der Waals surface area contributed by atoms with Gasteiger partial charge in [-0.15, -0.1) is 0 Å². The van der Waals surface area contributed by atoms with E-state index in [0.29, 0.717) is 11.6 Å². The molecule has 0 atom stereocenters. The molecule has 4 heteroatoms. The van der Waals surface area contributed by atoms with Gasteiger partial charge in [-0.2, -0.15) is 0 Å². The maximum Gasteiger partial charge on any atom is 0.122 e. The molecule has 0 aliphatic heterocycles. The molecule has 0 unspecified atom stereocenters. The molecule has 0 saturated heterocycles. The standard InChI is InChI=1S/C12H12ClNO2/c13-11-4-3-9(8-15)6-12(11)14-7-10-2-1-5-16-10/h1-6,14-15H,7-8H2. The van der Waals surface area contributed by atoms with Gasteiger partial charge in [0.05, 0.1) is 30.1 Å². The van der Waals surface area contributed by atoms with Crippen molar-refractivity contribution >= 4 is 17.3 Å². The molecule has 16 heavy (non-hydrogen) atoms. The van der Waals surface area contributed by atoms with Crippen LogP contribution in [-0.2, 0) is 13.2 Å². The lowest BCUT2D eigenvalue weighted by atomic mass is 10.2. The smallest absolute Gasteiger partial charge is 0.122 e. The summed E-state index contributed by atoms with van der Waals surface area (Å²) in [6, 6.07) is 9.10. The van der Waals surface area contributed by atoms with Crippen molar-refractivity contribution < 1.29 is 9.52 Å². The molecule has 0 aliphatic rings. The van der Waals surface area contributed by atoms with Crippen LogP contribution in [0.15, 0.2) is 41.0 Å². The number of aliphatic hydroxyl groups is 1. The zero-order valence-electron chi connectivity index (χ0n) is 8.61. The zero-order valence-corrected chi connectivity index (χ0v) is 9.37. The van der Waals surface area contributed by atoms with E-state index in [9.17, 15) is 0 Å². The summed E-state index contributed by atoms with van der Waals surface area (Å²) in [7, 11) is 0. The molecule has 0 radical (unpaired) electrons. The third-order valence-corrected chi connectivity index (χ3v) is 2.58. The van der Waals surface area contributed by atoms with E-state index >= 15 is 0 Å². The highest BCUT2D eigenvalue weighted by molar-refractivity contribution is 6.33. The van der Waals surface area contributed by atoms with Crippen LogP contribution in [0, 0.1) is 0 Å². The lowest BCUT2D eigenvalue weighted by Crippen LogP contribution is -1.99. The average molecular weight is 238 g/mol. The van der Waals surface area contributed by atoms with Gasteiger partial charge >= 0.3 is 0 Å². The Hall–Kier alpha value is -1.45. The number of hydrogen-bond acceptors (Lipinski definition) is 3. The Balaban J connectivity index is 2.08. The molecule has 2 N–H and O–H groups in total. The first kappa shape index (κ1) is 11.0.